The zero-order valence-electron chi connectivity index (χ0n) is 6.47. The predicted molar refractivity (Wildman–Crippen MR) is 39.0 cm³/mol. The van der Waals surface area contributed by atoms with Crippen LogP contribution in [0.2, 0.25) is 0 Å². The minimum absolute atomic E-state index is 0.228. The molecule has 0 aromatic heterocycles. The van der Waals surface area contributed by atoms with Crippen molar-refractivity contribution in [3.8, 4) is 0 Å². The SMILES string of the molecule is CCO[P+](=O)C=CCC(F)(F)F. The van der Waals surface area contributed by atoms with E-state index in [0.29, 0.717) is 0 Å². The van der Waals surface area contributed by atoms with Crippen molar-refractivity contribution in [2.75, 3.05) is 6.61 Å². The van der Waals surface area contributed by atoms with Crippen molar-refractivity contribution >= 4 is 8.03 Å². The Morgan fingerprint density at radius 3 is 2.50 bits per heavy atom. The maximum absolute atomic E-state index is 11.5. The molecule has 70 valence electrons. The van der Waals surface area contributed by atoms with Gasteiger partial charge in [-0.15, -0.1) is 4.52 Å². The van der Waals surface area contributed by atoms with Crippen molar-refractivity contribution in [2.24, 2.45) is 0 Å². The van der Waals surface area contributed by atoms with Crippen LogP contribution in [0.15, 0.2) is 11.9 Å². The maximum Gasteiger partial charge on any atom is 0.540 e. The third-order valence-electron chi connectivity index (χ3n) is 0.833. The third kappa shape index (κ3) is 7.69. The molecule has 0 rings (SSSR count). The summed E-state index contributed by atoms with van der Waals surface area (Å²) in [7, 11) is -2.06. The standard InChI is InChI=1S/C6H9F3O2P/c1-2-11-12(10)5-3-4-6(7,8)9/h3,5H,2,4H2,1H3/q+1. The molecule has 0 aromatic rings. The zero-order chi connectivity index (χ0) is 9.61. The zero-order valence-corrected chi connectivity index (χ0v) is 7.36. The fourth-order valence-electron chi connectivity index (χ4n) is 0.443. The molecule has 2 nitrogen and oxygen atoms in total. The summed E-state index contributed by atoms with van der Waals surface area (Å²) in [4.78, 5) is 0. The van der Waals surface area contributed by atoms with Gasteiger partial charge in [0, 0.05) is 0 Å². The molecule has 0 saturated heterocycles. The molecule has 1 atom stereocenters. The maximum atomic E-state index is 11.5. The van der Waals surface area contributed by atoms with Crippen LogP contribution in [-0.4, -0.2) is 12.8 Å². The van der Waals surface area contributed by atoms with Gasteiger partial charge in [-0.25, -0.2) is 0 Å². The minimum atomic E-state index is -4.24. The minimum Gasteiger partial charge on any atom is -0.171 e. The Labute approximate surface area is 69.3 Å². The quantitative estimate of drug-likeness (QED) is 0.652. The normalized spacial score (nSPS) is 13.8. The molecule has 0 aromatic carbocycles. The van der Waals surface area contributed by atoms with E-state index in [0.717, 1.165) is 11.9 Å². The van der Waals surface area contributed by atoms with E-state index in [1.54, 1.807) is 6.92 Å². The number of halogens is 3. The van der Waals surface area contributed by atoms with Gasteiger partial charge >= 0.3 is 14.2 Å². The summed E-state index contributed by atoms with van der Waals surface area (Å²) in [6, 6.07) is 0. The van der Waals surface area contributed by atoms with E-state index in [1.807, 2.05) is 0 Å². The van der Waals surface area contributed by atoms with Gasteiger partial charge in [0.2, 0.25) is 0 Å². The number of allylic oxidation sites excluding steroid dienone is 1. The predicted octanol–water partition coefficient (Wildman–Crippen LogP) is 3.23. The molecule has 0 fully saturated rings. The molecule has 0 spiro atoms. The third-order valence-corrected chi connectivity index (χ3v) is 1.80. The van der Waals surface area contributed by atoms with Gasteiger partial charge in [-0.2, -0.15) is 13.2 Å². The van der Waals surface area contributed by atoms with Crippen LogP contribution in [0, 0.1) is 0 Å². The Morgan fingerprint density at radius 1 is 1.50 bits per heavy atom. The molecule has 12 heavy (non-hydrogen) atoms. The van der Waals surface area contributed by atoms with Crippen molar-refractivity contribution in [1.82, 2.24) is 0 Å². The molecule has 1 unspecified atom stereocenters. The van der Waals surface area contributed by atoms with E-state index < -0.39 is 20.6 Å². The highest BCUT2D eigenvalue weighted by Crippen LogP contribution is 2.26. The van der Waals surface area contributed by atoms with Crippen LogP contribution in [0.1, 0.15) is 13.3 Å². The van der Waals surface area contributed by atoms with Crippen molar-refractivity contribution in [1.29, 1.82) is 0 Å². The first kappa shape index (κ1) is 11.6. The van der Waals surface area contributed by atoms with Gasteiger partial charge in [0.1, 0.15) is 6.61 Å². The van der Waals surface area contributed by atoms with Crippen LogP contribution in [0.5, 0.6) is 0 Å². The van der Waals surface area contributed by atoms with Gasteiger partial charge in [-0.3, -0.25) is 0 Å². The highest BCUT2D eigenvalue weighted by atomic mass is 31.1. The molecular weight excluding hydrogens is 192 g/mol. The van der Waals surface area contributed by atoms with Crippen LogP contribution in [-0.2, 0) is 9.09 Å². The number of alkyl halides is 3. The van der Waals surface area contributed by atoms with Gasteiger partial charge in [0.15, 0.2) is 5.82 Å². The van der Waals surface area contributed by atoms with Gasteiger partial charge in [0.25, 0.3) is 0 Å². The van der Waals surface area contributed by atoms with Crippen molar-refractivity contribution in [3.63, 3.8) is 0 Å². The number of rotatable bonds is 4. The van der Waals surface area contributed by atoms with E-state index in [1.165, 1.54) is 0 Å². The molecule has 0 aliphatic carbocycles. The summed E-state index contributed by atoms with van der Waals surface area (Å²) in [5.74, 6) is 0.923. The fraction of sp³-hybridized carbons (Fsp3) is 0.667. The Morgan fingerprint density at radius 2 is 2.08 bits per heavy atom. The Kier molecular flexibility index (Phi) is 5.09. The van der Waals surface area contributed by atoms with E-state index in [4.69, 9.17) is 0 Å². The lowest BCUT2D eigenvalue weighted by Gasteiger charge is -1.97. The average Bonchev–Trinajstić information content (AvgIpc) is 1.84. The lowest BCUT2D eigenvalue weighted by molar-refractivity contribution is -0.124. The Bertz CT molecular complexity index is 176. The van der Waals surface area contributed by atoms with Gasteiger partial charge < -0.3 is 0 Å². The second kappa shape index (κ2) is 5.27. The highest BCUT2D eigenvalue weighted by molar-refractivity contribution is 7.42. The second-order valence-electron chi connectivity index (χ2n) is 1.91. The number of hydrogen-bond acceptors (Lipinski definition) is 2. The summed E-state index contributed by atoms with van der Waals surface area (Å²) in [6.45, 7) is 1.84. The topological polar surface area (TPSA) is 26.3 Å². The first-order valence-corrected chi connectivity index (χ1v) is 4.53. The molecule has 0 aliphatic heterocycles. The van der Waals surface area contributed by atoms with E-state index in [2.05, 4.69) is 4.52 Å². The van der Waals surface area contributed by atoms with Crippen molar-refractivity contribution < 1.29 is 22.3 Å². The van der Waals surface area contributed by atoms with E-state index in [9.17, 15) is 17.7 Å². The van der Waals surface area contributed by atoms with Crippen LogP contribution >= 0.6 is 8.03 Å². The van der Waals surface area contributed by atoms with Crippen LogP contribution < -0.4 is 0 Å². The molecule has 0 bridgehead atoms. The second-order valence-corrected chi connectivity index (χ2v) is 3.03. The molecule has 0 radical (unpaired) electrons. The Hall–Kier alpha value is -0.410. The monoisotopic (exact) mass is 201 g/mol. The summed E-state index contributed by atoms with van der Waals surface area (Å²) in [6.07, 6.45) is -4.51. The molecule has 0 N–H and O–H groups in total. The van der Waals surface area contributed by atoms with Crippen molar-refractivity contribution in [3.05, 3.63) is 11.9 Å². The van der Waals surface area contributed by atoms with Crippen LogP contribution in [0.3, 0.4) is 0 Å². The van der Waals surface area contributed by atoms with E-state index in [-0.39, 0.29) is 6.61 Å². The van der Waals surface area contributed by atoms with Crippen molar-refractivity contribution in [2.45, 2.75) is 19.5 Å². The smallest absolute Gasteiger partial charge is 0.171 e. The summed E-state index contributed by atoms with van der Waals surface area (Å²) in [5.41, 5.74) is 0. The summed E-state index contributed by atoms with van der Waals surface area (Å²) in [5, 5.41) is 0. The lowest BCUT2D eigenvalue weighted by atomic mass is 10.4. The van der Waals surface area contributed by atoms with E-state index >= 15 is 0 Å². The molecule has 0 amide bonds. The molecule has 0 aliphatic rings. The fourth-order valence-corrected chi connectivity index (χ4v) is 1.06. The summed E-state index contributed by atoms with van der Waals surface area (Å²) >= 11 is 0. The molecule has 0 saturated carbocycles. The van der Waals surface area contributed by atoms with Gasteiger partial charge in [0.05, 0.1) is 6.42 Å². The first-order chi connectivity index (χ1) is 5.45. The number of hydrogen-bond donors (Lipinski definition) is 0. The lowest BCUT2D eigenvalue weighted by Crippen LogP contribution is -2.03. The highest BCUT2D eigenvalue weighted by Gasteiger charge is 2.25. The van der Waals surface area contributed by atoms with Crippen LogP contribution in [0.25, 0.3) is 0 Å². The first-order valence-electron chi connectivity index (χ1n) is 3.28. The molecule has 0 heterocycles. The van der Waals surface area contributed by atoms with Gasteiger partial charge in [-0.05, 0) is 17.6 Å². The average molecular weight is 201 g/mol. The largest absolute Gasteiger partial charge is 0.540 e. The molecule has 6 heteroatoms. The van der Waals surface area contributed by atoms with Crippen LogP contribution in [0.4, 0.5) is 13.2 Å². The Balaban J connectivity index is 3.69. The molecular formula is C6H9F3O2P+. The van der Waals surface area contributed by atoms with Gasteiger partial charge in [-0.1, -0.05) is 0 Å². The summed E-state index contributed by atoms with van der Waals surface area (Å²) < 4.78 is 49.6.